The van der Waals surface area contributed by atoms with Gasteiger partial charge in [0.05, 0.1) is 10.6 Å². The number of ether oxygens (including phenoxy) is 1. The van der Waals surface area contributed by atoms with E-state index in [0.717, 1.165) is 6.42 Å². The number of nitrogens with zero attached hydrogens (tertiary/aromatic N) is 1. The summed E-state index contributed by atoms with van der Waals surface area (Å²) in [5.74, 6) is 0.866. The van der Waals surface area contributed by atoms with Crippen molar-refractivity contribution in [1.29, 1.82) is 0 Å². The van der Waals surface area contributed by atoms with Crippen LogP contribution in [0.3, 0.4) is 0 Å². The summed E-state index contributed by atoms with van der Waals surface area (Å²) in [6.45, 7) is 6.84. The quantitative estimate of drug-likeness (QED) is 0.658. The number of sulfonamides is 1. The van der Waals surface area contributed by atoms with Crippen LogP contribution >= 0.6 is 0 Å². The van der Waals surface area contributed by atoms with Gasteiger partial charge >= 0.3 is 0 Å². The third-order valence-corrected chi connectivity index (χ3v) is 6.07. The zero-order chi connectivity index (χ0) is 20.6. The van der Waals surface area contributed by atoms with Crippen LogP contribution in [0.5, 0.6) is 5.75 Å². The average Bonchev–Trinajstić information content (AvgIpc) is 2.68. The topological polar surface area (TPSA) is 75.7 Å². The number of nitrogens with one attached hydrogen (secondary N) is 1. The standard InChI is InChI=1S/C21H28N2O4S/c1-4-23(28(25,26)20-8-6-5-7-9-20)18-10-12-19(13-11-18)27-16-21(24)22-15-14-17(2)3/h5-13,17H,4,14-16H2,1-3H3,(H,22,24). The Morgan fingerprint density at radius 2 is 1.71 bits per heavy atom. The number of anilines is 1. The van der Waals surface area contributed by atoms with Crippen molar-refractivity contribution in [3.05, 3.63) is 54.6 Å². The molecule has 0 radical (unpaired) electrons. The second-order valence-electron chi connectivity index (χ2n) is 6.80. The van der Waals surface area contributed by atoms with E-state index in [-0.39, 0.29) is 17.4 Å². The molecular formula is C21H28N2O4S. The third-order valence-electron chi connectivity index (χ3n) is 4.16. The molecule has 0 spiro atoms. The molecule has 0 aliphatic heterocycles. The number of carbonyl (C=O) groups is 1. The maximum absolute atomic E-state index is 12.9. The first-order valence-electron chi connectivity index (χ1n) is 9.42. The second kappa shape index (κ2) is 10.1. The maximum Gasteiger partial charge on any atom is 0.264 e. The van der Waals surface area contributed by atoms with E-state index in [9.17, 15) is 13.2 Å². The molecule has 152 valence electrons. The minimum absolute atomic E-state index is 0.0722. The van der Waals surface area contributed by atoms with Gasteiger partial charge in [0.25, 0.3) is 15.9 Å². The van der Waals surface area contributed by atoms with Crippen molar-refractivity contribution in [2.24, 2.45) is 5.92 Å². The minimum atomic E-state index is -3.63. The molecule has 2 aromatic carbocycles. The van der Waals surface area contributed by atoms with Crippen molar-refractivity contribution in [3.8, 4) is 5.75 Å². The van der Waals surface area contributed by atoms with Crippen LogP contribution in [0, 0.1) is 5.92 Å². The minimum Gasteiger partial charge on any atom is -0.484 e. The van der Waals surface area contributed by atoms with Crippen LogP contribution in [0.25, 0.3) is 0 Å². The summed E-state index contributed by atoms with van der Waals surface area (Å²) in [7, 11) is -3.63. The van der Waals surface area contributed by atoms with Crippen LogP contribution < -0.4 is 14.4 Å². The van der Waals surface area contributed by atoms with Gasteiger partial charge in [0.2, 0.25) is 0 Å². The van der Waals surface area contributed by atoms with Gasteiger partial charge in [-0.1, -0.05) is 32.0 Å². The van der Waals surface area contributed by atoms with Crippen molar-refractivity contribution in [1.82, 2.24) is 5.32 Å². The fourth-order valence-electron chi connectivity index (χ4n) is 2.62. The summed E-state index contributed by atoms with van der Waals surface area (Å²) in [5.41, 5.74) is 0.542. The highest BCUT2D eigenvalue weighted by Gasteiger charge is 2.23. The van der Waals surface area contributed by atoms with E-state index in [4.69, 9.17) is 4.74 Å². The monoisotopic (exact) mass is 404 g/mol. The van der Waals surface area contributed by atoms with Crippen LogP contribution in [-0.4, -0.2) is 34.0 Å². The van der Waals surface area contributed by atoms with Gasteiger partial charge in [0.1, 0.15) is 5.75 Å². The van der Waals surface area contributed by atoms with E-state index in [0.29, 0.717) is 30.4 Å². The maximum atomic E-state index is 12.9. The lowest BCUT2D eigenvalue weighted by Gasteiger charge is -2.23. The highest BCUT2D eigenvalue weighted by molar-refractivity contribution is 7.92. The first-order valence-corrected chi connectivity index (χ1v) is 10.9. The van der Waals surface area contributed by atoms with Crippen LogP contribution in [0.4, 0.5) is 5.69 Å². The molecule has 0 bridgehead atoms. The Bertz CT molecular complexity index is 850. The predicted molar refractivity (Wildman–Crippen MR) is 111 cm³/mol. The van der Waals surface area contributed by atoms with Gasteiger partial charge in [-0.2, -0.15) is 0 Å². The smallest absolute Gasteiger partial charge is 0.264 e. The van der Waals surface area contributed by atoms with Gasteiger partial charge in [-0.05, 0) is 55.7 Å². The molecule has 2 rings (SSSR count). The lowest BCUT2D eigenvalue weighted by Crippen LogP contribution is -2.31. The Kier molecular flexibility index (Phi) is 7.87. The number of carbonyl (C=O) groups excluding carboxylic acids is 1. The molecule has 7 heteroatoms. The lowest BCUT2D eigenvalue weighted by molar-refractivity contribution is -0.123. The van der Waals surface area contributed by atoms with Crippen LogP contribution in [0.2, 0.25) is 0 Å². The van der Waals surface area contributed by atoms with Gasteiger partial charge < -0.3 is 10.1 Å². The molecule has 0 aliphatic carbocycles. The highest BCUT2D eigenvalue weighted by atomic mass is 32.2. The van der Waals surface area contributed by atoms with Crippen LogP contribution in [-0.2, 0) is 14.8 Å². The first kappa shape index (κ1) is 21.8. The Hall–Kier alpha value is -2.54. The number of hydrogen-bond donors (Lipinski definition) is 1. The van der Waals surface area contributed by atoms with E-state index in [1.807, 2.05) is 0 Å². The molecule has 1 N–H and O–H groups in total. The number of amides is 1. The molecule has 28 heavy (non-hydrogen) atoms. The van der Waals surface area contributed by atoms with E-state index in [1.165, 1.54) is 4.31 Å². The van der Waals surface area contributed by atoms with Crippen molar-refractivity contribution in [3.63, 3.8) is 0 Å². The van der Waals surface area contributed by atoms with Crippen molar-refractivity contribution < 1.29 is 17.9 Å². The zero-order valence-corrected chi connectivity index (χ0v) is 17.4. The van der Waals surface area contributed by atoms with Gasteiger partial charge in [-0.25, -0.2) is 8.42 Å². The first-order chi connectivity index (χ1) is 13.3. The van der Waals surface area contributed by atoms with Gasteiger partial charge in [0.15, 0.2) is 6.61 Å². The van der Waals surface area contributed by atoms with E-state index in [2.05, 4.69) is 19.2 Å². The average molecular weight is 405 g/mol. The Morgan fingerprint density at radius 1 is 1.07 bits per heavy atom. The van der Waals surface area contributed by atoms with Gasteiger partial charge in [0, 0.05) is 13.1 Å². The van der Waals surface area contributed by atoms with Gasteiger partial charge in [-0.15, -0.1) is 0 Å². The molecular weight excluding hydrogens is 376 g/mol. The lowest BCUT2D eigenvalue weighted by atomic mass is 10.1. The van der Waals surface area contributed by atoms with Crippen LogP contribution in [0.1, 0.15) is 27.2 Å². The second-order valence-corrected chi connectivity index (χ2v) is 8.66. The Morgan fingerprint density at radius 3 is 2.29 bits per heavy atom. The van der Waals surface area contributed by atoms with E-state index in [1.54, 1.807) is 61.5 Å². The summed E-state index contributed by atoms with van der Waals surface area (Å²) in [6, 6.07) is 15.0. The summed E-state index contributed by atoms with van der Waals surface area (Å²) < 4.78 is 32.5. The molecule has 0 fully saturated rings. The molecule has 2 aromatic rings. The molecule has 6 nitrogen and oxygen atoms in total. The van der Waals surface area contributed by atoms with Crippen molar-refractivity contribution in [2.45, 2.75) is 32.1 Å². The zero-order valence-electron chi connectivity index (χ0n) is 16.6. The Balaban J connectivity index is 2.00. The molecule has 0 aliphatic rings. The molecule has 0 atom stereocenters. The van der Waals surface area contributed by atoms with Crippen molar-refractivity contribution >= 4 is 21.6 Å². The molecule has 0 saturated heterocycles. The molecule has 0 saturated carbocycles. The third kappa shape index (κ3) is 5.99. The number of hydrogen-bond acceptors (Lipinski definition) is 4. The SMILES string of the molecule is CCN(c1ccc(OCC(=O)NCCC(C)C)cc1)S(=O)(=O)c1ccccc1. The summed E-state index contributed by atoms with van der Waals surface area (Å²) in [4.78, 5) is 12.0. The summed E-state index contributed by atoms with van der Waals surface area (Å²) in [5, 5.41) is 2.81. The normalized spacial score (nSPS) is 11.3. The molecule has 0 aromatic heterocycles. The largest absolute Gasteiger partial charge is 0.484 e. The summed E-state index contributed by atoms with van der Waals surface area (Å²) >= 11 is 0. The van der Waals surface area contributed by atoms with Crippen molar-refractivity contribution in [2.75, 3.05) is 24.0 Å². The number of rotatable bonds is 10. The molecule has 0 heterocycles. The predicted octanol–water partition coefficient (Wildman–Crippen LogP) is 3.44. The summed E-state index contributed by atoms with van der Waals surface area (Å²) in [6.07, 6.45) is 0.920. The van der Waals surface area contributed by atoms with Crippen LogP contribution in [0.15, 0.2) is 59.5 Å². The van der Waals surface area contributed by atoms with E-state index < -0.39 is 10.0 Å². The molecule has 0 unspecified atom stereocenters. The highest BCUT2D eigenvalue weighted by Crippen LogP contribution is 2.25. The molecule has 1 amide bonds. The fourth-order valence-corrected chi connectivity index (χ4v) is 4.11. The fraction of sp³-hybridized carbons (Fsp3) is 0.381. The Labute approximate surface area is 167 Å². The number of benzene rings is 2. The van der Waals surface area contributed by atoms with E-state index >= 15 is 0 Å². The van der Waals surface area contributed by atoms with Gasteiger partial charge in [-0.3, -0.25) is 9.10 Å².